The average molecular weight is 413 g/mol. The fourth-order valence-electron chi connectivity index (χ4n) is 3.63. The summed E-state index contributed by atoms with van der Waals surface area (Å²) in [5.74, 6) is 0.0610. The van der Waals surface area contributed by atoms with Crippen molar-refractivity contribution in [2.45, 2.75) is 6.42 Å². The number of pyridine rings is 1. The molecule has 0 saturated heterocycles. The normalized spacial score (nSPS) is 10.7. The number of hydrogen-bond donors (Lipinski definition) is 3. The lowest BCUT2D eigenvalue weighted by Gasteiger charge is -2.13. The van der Waals surface area contributed by atoms with Crippen LogP contribution in [0.15, 0.2) is 66.1 Å². The quantitative estimate of drug-likeness (QED) is 0.428. The number of phenols is 1. The Morgan fingerprint density at radius 3 is 2.58 bits per heavy atom. The number of nitrogens with one attached hydrogen (secondary N) is 1. The molecule has 31 heavy (non-hydrogen) atoms. The molecule has 4 rings (SSSR count). The summed E-state index contributed by atoms with van der Waals surface area (Å²) in [5, 5.41) is 30.2. The molecule has 0 atom stereocenters. The van der Waals surface area contributed by atoms with Gasteiger partial charge >= 0.3 is 0 Å². The second kappa shape index (κ2) is 7.76. The second-order valence-electron chi connectivity index (χ2n) is 6.97. The molecule has 7 heteroatoms. The zero-order valence-electron chi connectivity index (χ0n) is 16.7. The Labute approximate surface area is 177 Å². The molecule has 0 amide bonds. The number of methoxy groups -OCH3 is 1. The Morgan fingerprint density at radius 2 is 1.94 bits per heavy atom. The van der Waals surface area contributed by atoms with Crippen molar-refractivity contribution >= 4 is 11.0 Å². The summed E-state index contributed by atoms with van der Waals surface area (Å²) in [6.07, 6.45) is 4.11. The van der Waals surface area contributed by atoms with Crippen LogP contribution in [0, 0.1) is 11.3 Å². The molecule has 2 aromatic heterocycles. The first kappa shape index (κ1) is 19.9. The highest BCUT2D eigenvalue weighted by molar-refractivity contribution is 5.86. The van der Waals surface area contributed by atoms with Crippen LogP contribution in [0.25, 0.3) is 27.8 Å². The van der Waals surface area contributed by atoms with Gasteiger partial charge in [0, 0.05) is 17.4 Å². The molecule has 154 valence electrons. The largest absolute Gasteiger partial charge is 0.504 e. The van der Waals surface area contributed by atoms with Gasteiger partial charge in [-0.3, -0.25) is 4.79 Å². The van der Waals surface area contributed by atoms with E-state index in [9.17, 15) is 20.3 Å². The number of rotatable bonds is 5. The smallest absolute Gasteiger partial charge is 0.270 e. The fourth-order valence-corrected chi connectivity index (χ4v) is 3.63. The SMILES string of the molecule is C=CCc1cc(OC)c(O)c(-c2ccc(-n3ccc4[nH]c(=O)c(C#N)c(O)c43)cc2)c1. The highest BCUT2D eigenvalue weighted by Gasteiger charge is 2.17. The lowest BCUT2D eigenvalue weighted by atomic mass is 9.99. The molecular formula is C24H19N3O4. The van der Waals surface area contributed by atoms with Gasteiger partial charge in [-0.05, 0) is 47.9 Å². The minimum atomic E-state index is -0.635. The van der Waals surface area contributed by atoms with Crippen LogP contribution in [0.4, 0.5) is 0 Å². The van der Waals surface area contributed by atoms with E-state index in [2.05, 4.69) is 11.6 Å². The monoisotopic (exact) mass is 413 g/mol. The summed E-state index contributed by atoms with van der Waals surface area (Å²) < 4.78 is 6.98. The number of allylic oxidation sites excluding steroid dienone is 1. The van der Waals surface area contributed by atoms with Gasteiger partial charge in [0.2, 0.25) is 0 Å². The third kappa shape index (κ3) is 3.30. The van der Waals surface area contributed by atoms with Gasteiger partial charge in [-0.25, -0.2) is 0 Å². The molecule has 0 spiro atoms. The van der Waals surface area contributed by atoms with E-state index in [1.807, 2.05) is 30.3 Å². The first-order chi connectivity index (χ1) is 15.0. The van der Waals surface area contributed by atoms with E-state index < -0.39 is 5.56 Å². The summed E-state index contributed by atoms with van der Waals surface area (Å²) in [6.45, 7) is 3.76. The molecule has 2 heterocycles. The minimum Gasteiger partial charge on any atom is -0.504 e. The van der Waals surface area contributed by atoms with E-state index in [4.69, 9.17) is 4.74 Å². The topological polar surface area (TPSA) is 111 Å². The molecule has 0 aliphatic rings. The Balaban J connectivity index is 1.82. The first-order valence-electron chi connectivity index (χ1n) is 9.46. The maximum atomic E-state index is 11.9. The summed E-state index contributed by atoms with van der Waals surface area (Å²) in [6, 6.07) is 14.3. The van der Waals surface area contributed by atoms with E-state index in [-0.39, 0.29) is 17.1 Å². The predicted molar refractivity (Wildman–Crippen MR) is 118 cm³/mol. The molecule has 2 aromatic carbocycles. The van der Waals surface area contributed by atoms with Crippen LogP contribution in [-0.4, -0.2) is 26.9 Å². The first-order valence-corrected chi connectivity index (χ1v) is 9.46. The lowest BCUT2D eigenvalue weighted by molar-refractivity contribution is 0.374. The van der Waals surface area contributed by atoms with Gasteiger partial charge in [0.1, 0.15) is 11.6 Å². The molecule has 7 nitrogen and oxygen atoms in total. The molecule has 0 bridgehead atoms. The predicted octanol–water partition coefficient (Wildman–Crippen LogP) is 4.01. The summed E-state index contributed by atoms with van der Waals surface area (Å²) in [7, 11) is 1.50. The van der Waals surface area contributed by atoms with Crippen molar-refractivity contribution in [2.24, 2.45) is 0 Å². The van der Waals surface area contributed by atoms with Gasteiger partial charge in [-0.2, -0.15) is 5.26 Å². The number of aromatic amines is 1. The average Bonchev–Trinajstić information content (AvgIpc) is 3.19. The highest BCUT2D eigenvalue weighted by Crippen LogP contribution is 2.39. The number of aromatic nitrogens is 2. The van der Waals surface area contributed by atoms with Crippen molar-refractivity contribution in [3.8, 4) is 40.1 Å². The Kier molecular flexibility index (Phi) is 4.97. The Hall–Kier alpha value is -4.44. The van der Waals surface area contributed by atoms with Crippen LogP contribution >= 0.6 is 0 Å². The van der Waals surface area contributed by atoms with E-state index in [0.717, 1.165) is 11.1 Å². The van der Waals surface area contributed by atoms with Crippen molar-refractivity contribution < 1.29 is 14.9 Å². The zero-order valence-corrected chi connectivity index (χ0v) is 16.7. The van der Waals surface area contributed by atoms with Gasteiger partial charge in [0.05, 0.1) is 12.6 Å². The van der Waals surface area contributed by atoms with Crippen molar-refractivity contribution in [1.29, 1.82) is 5.26 Å². The fraction of sp³-hybridized carbons (Fsp3) is 0.0833. The Morgan fingerprint density at radius 1 is 1.19 bits per heavy atom. The number of ether oxygens (including phenoxy) is 1. The molecule has 0 fully saturated rings. The van der Waals surface area contributed by atoms with Gasteiger partial charge in [0.15, 0.2) is 22.8 Å². The summed E-state index contributed by atoms with van der Waals surface area (Å²) in [5.41, 5.74) is 2.85. The number of H-pyrrole nitrogens is 1. The molecule has 0 aliphatic carbocycles. The number of benzene rings is 2. The van der Waals surface area contributed by atoms with Crippen LogP contribution in [0.1, 0.15) is 11.1 Å². The maximum absolute atomic E-state index is 11.9. The van der Waals surface area contributed by atoms with Crippen molar-refractivity contribution in [2.75, 3.05) is 7.11 Å². The standard InChI is InChI=1S/C24H19N3O4/c1-3-4-14-11-17(22(28)20(12-14)31-2)15-5-7-16(8-6-15)27-10-9-19-21(27)23(29)18(13-25)24(30)26-19/h3,5-12,28H,1,4H2,2H3,(H2,26,29,30). The van der Waals surface area contributed by atoms with Gasteiger partial charge < -0.3 is 24.5 Å². The number of nitrogens with zero attached hydrogens (tertiary/aromatic N) is 2. The molecule has 3 N–H and O–H groups in total. The zero-order chi connectivity index (χ0) is 22.1. The third-order valence-corrected chi connectivity index (χ3v) is 5.13. The van der Waals surface area contributed by atoms with Crippen LogP contribution < -0.4 is 10.3 Å². The number of aromatic hydroxyl groups is 2. The van der Waals surface area contributed by atoms with Gasteiger partial charge in [-0.1, -0.05) is 18.2 Å². The Bertz CT molecular complexity index is 1410. The van der Waals surface area contributed by atoms with Crippen molar-refractivity contribution in [3.05, 3.63) is 82.8 Å². The molecule has 0 radical (unpaired) electrons. The second-order valence-corrected chi connectivity index (χ2v) is 6.97. The number of nitriles is 1. The van der Waals surface area contributed by atoms with Crippen molar-refractivity contribution in [3.63, 3.8) is 0 Å². The third-order valence-electron chi connectivity index (χ3n) is 5.13. The highest BCUT2D eigenvalue weighted by atomic mass is 16.5. The molecule has 0 unspecified atom stereocenters. The van der Waals surface area contributed by atoms with Gasteiger partial charge in [0.25, 0.3) is 5.56 Å². The number of phenolic OH excluding ortho intramolecular Hbond substituents is 1. The van der Waals surface area contributed by atoms with Crippen LogP contribution in [0.3, 0.4) is 0 Å². The van der Waals surface area contributed by atoms with E-state index >= 15 is 0 Å². The summed E-state index contributed by atoms with van der Waals surface area (Å²) >= 11 is 0. The van der Waals surface area contributed by atoms with Crippen LogP contribution in [-0.2, 0) is 6.42 Å². The van der Waals surface area contributed by atoms with Crippen LogP contribution in [0.2, 0.25) is 0 Å². The van der Waals surface area contributed by atoms with E-state index in [0.29, 0.717) is 34.5 Å². The molecule has 0 aliphatic heterocycles. The lowest BCUT2D eigenvalue weighted by Crippen LogP contribution is -2.10. The number of fused-ring (bicyclic) bond motifs is 1. The maximum Gasteiger partial charge on any atom is 0.270 e. The molecular weight excluding hydrogens is 394 g/mol. The van der Waals surface area contributed by atoms with Crippen molar-refractivity contribution in [1.82, 2.24) is 9.55 Å². The summed E-state index contributed by atoms with van der Waals surface area (Å²) in [4.78, 5) is 14.5. The minimum absolute atomic E-state index is 0.0448. The van der Waals surface area contributed by atoms with E-state index in [1.165, 1.54) is 7.11 Å². The molecule has 4 aromatic rings. The number of hydrogen-bond acceptors (Lipinski definition) is 5. The van der Waals surface area contributed by atoms with Crippen LogP contribution in [0.5, 0.6) is 17.2 Å². The molecule has 0 saturated carbocycles. The van der Waals surface area contributed by atoms with E-state index in [1.54, 1.807) is 35.0 Å². The van der Waals surface area contributed by atoms with Gasteiger partial charge in [-0.15, -0.1) is 6.58 Å².